The van der Waals surface area contributed by atoms with Crippen LogP contribution in [0, 0.1) is 0 Å². The maximum atomic E-state index is 11.2. The van der Waals surface area contributed by atoms with Crippen LogP contribution in [0.3, 0.4) is 0 Å². The van der Waals surface area contributed by atoms with Gasteiger partial charge in [-0.1, -0.05) is 0 Å². The van der Waals surface area contributed by atoms with Crippen molar-refractivity contribution in [3.8, 4) is 0 Å². The number of hydrogen-bond donors (Lipinski definition) is 6. The molecule has 0 saturated heterocycles. The van der Waals surface area contributed by atoms with E-state index in [4.69, 9.17) is 29.8 Å². The highest BCUT2D eigenvalue weighted by Gasteiger charge is 2.53. The summed E-state index contributed by atoms with van der Waals surface area (Å²) in [6, 6.07) is -3.68. The number of hydrogen-bond acceptors (Lipinski definition) is 5. The number of carboxylic acid groups (broad SMARTS) is 2. The molecule has 0 heterocycles. The molecule has 0 saturated carbocycles. The molecule has 2 atom stereocenters. The van der Waals surface area contributed by atoms with Gasteiger partial charge in [-0.05, 0) is 13.8 Å². The van der Waals surface area contributed by atoms with Crippen molar-refractivity contribution in [2.75, 3.05) is 0 Å². The fraction of sp³-hybridized carbons (Fsp3) is 0.714. The average molecular weight is 335 g/mol. The lowest BCUT2D eigenvalue weighted by Crippen LogP contribution is -2.53. The molecule has 0 aliphatic rings. The molecular weight excluding hydrogens is 320 g/mol. The van der Waals surface area contributed by atoms with Gasteiger partial charge in [0.05, 0.1) is 0 Å². The zero-order valence-corrected chi connectivity index (χ0v) is 12.2. The van der Waals surface area contributed by atoms with Crippen molar-refractivity contribution in [2.45, 2.75) is 31.5 Å². The summed E-state index contributed by atoms with van der Waals surface area (Å²) in [7, 11) is -11.0. The summed E-state index contributed by atoms with van der Waals surface area (Å²) in [5.74, 6) is -3.38. The topological polar surface area (TPSA) is 193 Å². The maximum absolute atomic E-state index is 11.2. The maximum Gasteiger partial charge on any atom is 0.355 e. The van der Waals surface area contributed by atoms with Crippen molar-refractivity contribution in [1.82, 2.24) is 4.90 Å². The molecule has 0 fully saturated rings. The van der Waals surface area contributed by atoms with Gasteiger partial charge in [0, 0.05) is 0 Å². The largest absolute Gasteiger partial charge is 0.480 e. The Balaban J connectivity index is 6.05. The summed E-state index contributed by atoms with van der Waals surface area (Å²) in [5.41, 5.74) is -2.85. The standard InChI is InChI=1S/C7H15NO10P2/c1-3(5(9)10)8(4(2)6(11)12)7(19(13,14)15)20(16,17)18/h3-4,7H,1-2H3,(H,9,10)(H,11,12)(H2,13,14,15)(H2,16,17,18). The van der Waals surface area contributed by atoms with Crippen LogP contribution in [-0.4, -0.2) is 64.2 Å². The summed E-state index contributed by atoms with van der Waals surface area (Å²) in [6.07, 6.45) is 0. The van der Waals surface area contributed by atoms with Gasteiger partial charge in [-0.25, -0.2) is 0 Å². The predicted molar refractivity (Wildman–Crippen MR) is 63.9 cm³/mol. The van der Waals surface area contributed by atoms with Crippen molar-refractivity contribution >= 4 is 27.1 Å². The fourth-order valence-corrected chi connectivity index (χ4v) is 4.60. The lowest BCUT2D eigenvalue weighted by Gasteiger charge is -2.36. The number of rotatable bonds is 7. The molecule has 0 aliphatic heterocycles. The molecule has 0 aliphatic carbocycles. The van der Waals surface area contributed by atoms with Crippen LogP contribution in [-0.2, 0) is 18.7 Å². The van der Waals surface area contributed by atoms with Crippen LogP contribution in [0.15, 0.2) is 0 Å². The second kappa shape index (κ2) is 6.31. The van der Waals surface area contributed by atoms with Gasteiger partial charge in [-0.2, -0.15) is 0 Å². The Morgan fingerprint density at radius 3 is 1.25 bits per heavy atom. The third-order valence-corrected chi connectivity index (χ3v) is 6.02. The molecule has 0 aromatic carbocycles. The number of aliphatic carboxylic acids is 2. The lowest BCUT2D eigenvalue weighted by molar-refractivity contribution is -0.149. The van der Waals surface area contributed by atoms with E-state index in [1.165, 1.54) is 0 Å². The average Bonchev–Trinajstić information content (AvgIpc) is 2.19. The zero-order valence-electron chi connectivity index (χ0n) is 10.4. The van der Waals surface area contributed by atoms with Crippen molar-refractivity contribution in [2.24, 2.45) is 0 Å². The molecule has 0 aromatic heterocycles. The molecule has 20 heavy (non-hydrogen) atoms. The SMILES string of the molecule is CC(C(=O)O)N(C(C)C(=O)O)C(P(=O)(O)O)P(=O)(O)O. The molecule has 2 unspecified atom stereocenters. The fourth-order valence-electron chi connectivity index (χ4n) is 1.53. The Kier molecular flexibility index (Phi) is 6.06. The molecule has 0 aromatic rings. The van der Waals surface area contributed by atoms with E-state index in [1.54, 1.807) is 0 Å². The minimum atomic E-state index is -5.50. The zero-order chi connectivity index (χ0) is 16.5. The molecule has 13 heteroatoms. The van der Waals surface area contributed by atoms with Gasteiger partial charge in [0.15, 0.2) is 0 Å². The van der Waals surface area contributed by atoms with Crippen LogP contribution in [0.4, 0.5) is 0 Å². The minimum absolute atomic E-state index is 0.0895. The first kappa shape index (κ1) is 19.2. The minimum Gasteiger partial charge on any atom is -0.480 e. The van der Waals surface area contributed by atoms with Gasteiger partial charge in [0.2, 0.25) is 5.52 Å². The van der Waals surface area contributed by atoms with Gasteiger partial charge in [0.25, 0.3) is 0 Å². The predicted octanol–water partition coefficient (Wildman–Crippen LogP) is -1.13. The summed E-state index contributed by atoms with van der Waals surface area (Å²) >= 11 is 0. The van der Waals surface area contributed by atoms with Crippen LogP contribution >= 0.6 is 15.2 Å². The van der Waals surface area contributed by atoms with Crippen LogP contribution in [0.1, 0.15) is 13.8 Å². The normalized spacial score (nSPS) is 16.2. The first-order valence-electron chi connectivity index (χ1n) is 5.04. The smallest absolute Gasteiger partial charge is 0.355 e. The number of carbonyl (C=O) groups is 2. The number of carboxylic acids is 2. The summed E-state index contributed by atoms with van der Waals surface area (Å²) in [5, 5.41) is 17.6. The van der Waals surface area contributed by atoms with Gasteiger partial charge in [0.1, 0.15) is 12.1 Å². The van der Waals surface area contributed by atoms with E-state index in [2.05, 4.69) is 0 Å². The quantitative estimate of drug-likeness (QED) is 0.308. The lowest BCUT2D eigenvalue weighted by atomic mass is 10.2. The van der Waals surface area contributed by atoms with Crippen LogP contribution in [0.25, 0.3) is 0 Å². The summed E-state index contributed by atoms with van der Waals surface area (Å²) in [6.45, 7) is 1.72. The van der Waals surface area contributed by atoms with E-state index in [0.717, 1.165) is 13.8 Å². The number of nitrogens with zero attached hydrogens (tertiary/aromatic N) is 1. The Morgan fingerprint density at radius 1 is 0.850 bits per heavy atom. The monoisotopic (exact) mass is 335 g/mol. The van der Waals surface area contributed by atoms with Crippen molar-refractivity contribution in [1.29, 1.82) is 0 Å². The van der Waals surface area contributed by atoms with Gasteiger partial charge in [-0.3, -0.25) is 23.6 Å². The molecular formula is C7H15NO10P2. The van der Waals surface area contributed by atoms with Crippen molar-refractivity contribution < 1.29 is 48.5 Å². The molecule has 11 nitrogen and oxygen atoms in total. The summed E-state index contributed by atoms with van der Waals surface area (Å²) in [4.78, 5) is 58.0. The van der Waals surface area contributed by atoms with E-state index in [1.807, 2.05) is 0 Å². The van der Waals surface area contributed by atoms with E-state index in [-0.39, 0.29) is 4.90 Å². The summed E-state index contributed by atoms with van der Waals surface area (Å²) < 4.78 is 22.5. The molecule has 6 N–H and O–H groups in total. The Labute approximate surface area is 113 Å². The van der Waals surface area contributed by atoms with Crippen molar-refractivity contribution in [3.63, 3.8) is 0 Å². The van der Waals surface area contributed by atoms with Crippen molar-refractivity contribution in [3.05, 3.63) is 0 Å². The molecule has 0 rings (SSSR count). The molecule has 118 valence electrons. The first-order chi connectivity index (χ1) is 8.71. The highest BCUT2D eigenvalue weighted by Crippen LogP contribution is 2.61. The van der Waals surface area contributed by atoms with E-state index in [9.17, 15) is 18.7 Å². The molecule has 0 amide bonds. The highest BCUT2D eigenvalue weighted by atomic mass is 31.2. The Morgan fingerprint density at radius 2 is 1.10 bits per heavy atom. The van der Waals surface area contributed by atoms with Crippen LogP contribution in [0.5, 0.6) is 0 Å². The van der Waals surface area contributed by atoms with E-state index >= 15 is 0 Å². The Hall–Kier alpha value is -0.800. The van der Waals surface area contributed by atoms with Gasteiger partial charge >= 0.3 is 27.1 Å². The molecule has 0 spiro atoms. The molecule has 0 bridgehead atoms. The second-order valence-electron chi connectivity index (χ2n) is 4.00. The second-order valence-corrected chi connectivity index (χ2v) is 7.74. The third-order valence-electron chi connectivity index (χ3n) is 2.48. The Bertz CT molecular complexity index is 438. The van der Waals surface area contributed by atoms with Gasteiger partial charge < -0.3 is 29.8 Å². The van der Waals surface area contributed by atoms with Crippen LogP contribution < -0.4 is 0 Å². The van der Waals surface area contributed by atoms with Crippen LogP contribution in [0.2, 0.25) is 0 Å². The third kappa shape index (κ3) is 4.64. The van der Waals surface area contributed by atoms with E-state index in [0.29, 0.717) is 0 Å². The van der Waals surface area contributed by atoms with E-state index < -0.39 is 44.7 Å². The highest BCUT2D eigenvalue weighted by molar-refractivity contribution is 7.70. The molecule has 0 radical (unpaired) electrons. The van der Waals surface area contributed by atoms with Gasteiger partial charge in [-0.15, -0.1) is 0 Å². The first-order valence-corrected chi connectivity index (χ1v) is 8.41.